The smallest absolute Gasteiger partial charge is 0.411 e. The number of amides is 1. The van der Waals surface area contributed by atoms with E-state index in [4.69, 9.17) is 9.47 Å². The van der Waals surface area contributed by atoms with Crippen LogP contribution in [0.15, 0.2) is 41.3 Å². The molecule has 0 aliphatic rings. The summed E-state index contributed by atoms with van der Waals surface area (Å²) in [6, 6.07) is 7.39. The summed E-state index contributed by atoms with van der Waals surface area (Å²) < 4.78 is 47.4. The van der Waals surface area contributed by atoms with Crippen molar-refractivity contribution in [3.63, 3.8) is 0 Å². The summed E-state index contributed by atoms with van der Waals surface area (Å²) in [4.78, 5) is 35.4. The zero-order chi connectivity index (χ0) is 23.9. The van der Waals surface area contributed by atoms with Crippen LogP contribution in [-0.4, -0.2) is 54.4 Å². The number of carbonyl (C=O) groups is 3. The fraction of sp³-hybridized carbons (Fsp3) is 0.250. The first-order chi connectivity index (χ1) is 15.1. The number of sulfonamides is 1. The number of carbonyl (C=O) groups excluding carboxylic acids is 3. The van der Waals surface area contributed by atoms with Crippen LogP contribution in [0.3, 0.4) is 0 Å². The summed E-state index contributed by atoms with van der Waals surface area (Å²) in [5.41, 5.74) is -0.142. The summed E-state index contributed by atoms with van der Waals surface area (Å²) >= 11 is 0. The first kappa shape index (κ1) is 24.5. The molecule has 0 fully saturated rings. The van der Waals surface area contributed by atoms with E-state index >= 15 is 0 Å². The lowest BCUT2D eigenvalue weighted by atomic mass is 10.1. The van der Waals surface area contributed by atoms with Crippen LogP contribution < -0.4 is 14.8 Å². The van der Waals surface area contributed by atoms with Crippen LogP contribution in [0.5, 0.6) is 5.75 Å². The van der Waals surface area contributed by atoms with E-state index < -0.39 is 28.1 Å². The van der Waals surface area contributed by atoms with Gasteiger partial charge < -0.3 is 18.9 Å². The van der Waals surface area contributed by atoms with Crippen LogP contribution in [-0.2, 0) is 24.2 Å². The Balaban J connectivity index is 2.45. The minimum absolute atomic E-state index is 0.0624. The molecule has 0 unspecified atom stereocenters. The Morgan fingerprint density at radius 3 is 2.00 bits per heavy atom. The van der Waals surface area contributed by atoms with Gasteiger partial charge in [-0.2, -0.15) is 0 Å². The Morgan fingerprint density at radius 1 is 0.906 bits per heavy atom. The maximum Gasteiger partial charge on any atom is 0.411 e. The molecule has 0 heterocycles. The van der Waals surface area contributed by atoms with E-state index in [-0.39, 0.29) is 39.8 Å². The summed E-state index contributed by atoms with van der Waals surface area (Å²) in [6.45, 7) is 1.74. The largest absolute Gasteiger partial charge is 0.495 e. The molecule has 172 valence electrons. The number of anilines is 2. The predicted molar refractivity (Wildman–Crippen MR) is 114 cm³/mol. The molecule has 0 bridgehead atoms. The lowest BCUT2D eigenvalue weighted by Crippen LogP contribution is -2.17. The highest BCUT2D eigenvalue weighted by Gasteiger charge is 2.21. The molecule has 0 aliphatic heterocycles. The van der Waals surface area contributed by atoms with E-state index in [2.05, 4.69) is 19.5 Å². The quantitative estimate of drug-likeness (QED) is 0.443. The van der Waals surface area contributed by atoms with Crippen molar-refractivity contribution >= 4 is 39.4 Å². The molecule has 2 rings (SSSR count). The van der Waals surface area contributed by atoms with Crippen molar-refractivity contribution < 1.29 is 41.7 Å². The average Bonchev–Trinajstić information content (AvgIpc) is 2.77. The molecule has 0 radical (unpaired) electrons. The number of benzene rings is 2. The van der Waals surface area contributed by atoms with Crippen LogP contribution >= 0.6 is 0 Å². The van der Waals surface area contributed by atoms with E-state index in [1.807, 2.05) is 0 Å². The Kier molecular flexibility index (Phi) is 8.02. The third-order valence-corrected chi connectivity index (χ3v) is 5.40. The molecule has 32 heavy (non-hydrogen) atoms. The standard InChI is InChI=1S/C20H22N2O9S/c1-5-31-20(25)21-16-11-15(6-7-17(16)28-2)32(26,27)22-14-9-12(18(23)29-3)8-13(10-14)19(24)30-4/h6-11,22H,5H2,1-4H3,(H,21,25). The minimum Gasteiger partial charge on any atom is -0.495 e. The molecule has 2 aromatic carbocycles. The van der Waals surface area contributed by atoms with Gasteiger partial charge in [0.15, 0.2) is 0 Å². The fourth-order valence-electron chi connectivity index (χ4n) is 2.60. The molecule has 0 aliphatic carbocycles. The van der Waals surface area contributed by atoms with Gasteiger partial charge in [-0.3, -0.25) is 10.0 Å². The summed E-state index contributed by atoms with van der Waals surface area (Å²) in [6.07, 6.45) is -0.790. The van der Waals surface area contributed by atoms with Crippen LogP contribution in [0, 0.1) is 0 Å². The van der Waals surface area contributed by atoms with Crippen molar-refractivity contribution in [1.82, 2.24) is 0 Å². The topological polar surface area (TPSA) is 146 Å². The van der Waals surface area contributed by atoms with E-state index in [1.165, 1.54) is 43.5 Å². The van der Waals surface area contributed by atoms with Crippen molar-refractivity contribution in [3.05, 3.63) is 47.5 Å². The van der Waals surface area contributed by atoms with Crippen LogP contribution in [0.25, 0.3) is 0 Å². The normalized spacial score (nSPS) is 10.6. The second-order valence-corrected chi connectivity index (χ2v) is 7.78. The number of esters is 2. The van der Waals surface area contributed by atoms with Crippen LogP contribution in [0.4, 0.5) is 16.2 Å². The van der Waals surface area contributed by atoms with Crippen molar-refractivity contribution in [2.75, 3.05) is 38.0 Å². The van der Waals surface area contributed by atoms with Gasteiger partial charge in [0.25, 0.3) is 10.0 Å². The summed E-state index contributed by atoms with van der Waals surface area (Å²) in [7, 11) is -0.567. The van der Waals surface area contributed by atoms with Gasteiger partial charge in [-0.05, 0) is 43.3 Å². The molecule has 12 heteroatoms. The Bertz CT molecular complexity index is 1100. The van der Waals surface area contributed by atoms with Gasteiger partial charge in [0.1, 0.15) is 5.75 Å². The highest BCUT2D eigenvalue weighted by Crippen LogP contribution is 2.29. The van der Waals surface area contributed by atoms with E-state index in [0.29, 0.717) is 0 Å². The van der Waals surface area contributed by atoms with Crippen molar-refractivity contribution in [3.8, 4) is 5.75 Å². The highest BCUT2D eigenvalue weighted by molar-refractivity contribution is 7.92. The van der Waals surface area contributed by atoms with Gasteiger partial charge in [-0.15, -0.1) is 0 Å². The molecule has 2 N–H and O–H groups in total. The van der Waals surface area contributed by atoms with Gasteiger partial charge in [0.05, 0.1) is 55.3 Å². The van der Waals surface area contributed by atoms with Crippen molar-refractivity contribution in [2.45, 2.75) is 11.8 Å². The maximum absolute atomic E-state index is 12.9. The molecule has 11 nitrogen and oxygen atoms in total. The predicted octanol–water partition coefficient (Wildman–Crippen LogP) is 2.64. The van der Waals surface area contributed by atoms with Gasteiger partial charge in [0.2, 0.25) is 0 Å². The number of ether oxygens (including phenoxy) is 4. The average molecular weight is 466 g/mol. The molecule has 2 aromatic rings. The fourth-order valence-corrected chi connectivity index (χ4v) is 3.67. The van der Waals surface area contributed by atoms with E-state index in [9.17, 15) is 22.8 Å². The van der Waals surface area contributed by atoms with Crippen LogP contribution in [0.2, 0.25) is 0 Å². The third kappa shape index (κ3) is 5.88. The molecule has 0 saturated carbocycles. The zero-order valence-corrected chi connectivity index (χ0v) is 18.6. The Hall–Kier alpha value is -3.80. The van der Waals surface area contributed by atoms with Gasteiger partial charge >= 0.3 is 18.0 Å². The Labute approximate surface area is 184 Å². The Morgan fingerprint density at radius 2 is 1.50 bits per heavy atom. The highest BCUT2D eigenvalue weighted by atomic mass is 32.2. The second-order valence-electron chi connectivity index (χ2n) is 6.10. The molecule has 0 saturated heterocycles. The molecule has 1 amide bonds. The molecule has 0 aromatic heterocycles. The molecule has 0 spiro atoms. The lowest BCUT2D eigenvalue weighted by molar-refractivity contribution is 0.0599. The van der Waals surface area contributed by atoms with Gasteiger partial charge in [-0.1, -0.05) is 0 Å². The molecular weight excluding hydrogens is 444 g/mol. The number of nitrogens with one attached hydrogen (secondary N) is 2. The maximum atomic E-state index is 12.9. The first-order valence-corrected chi connectivity index (χ1v) is 10.6. The second kappa shape index (κ2) is 10.5. The minimum atomic E-state index is -4.21. The summed E-state index contributed by atoms with van der Waals surface area (Å²) in [5, 5.41) is 2.40. The lowest BCUT2D eigenvalue weighted by Gasteiger charge is -2.14. The number of hydrogen-bond donors (Lipinski definition) is 2. The van der Waals surface area contributed by atoms with Crippen molar-refractivity contribution in [1.29, 1.82) is 0 Å². The van der Waals surface area contributed by atoms with E-state index in [0.717, 1.165) is 14.2 Å². The van der Waals surface area contributed by atoms with Gasteiger partial charge in [0, 0.05) is 0 Å². The number of hydrogen-bond acceptors (Lipinski definition) is 9. The first-order valence-electron chi connectivity index (χ1n) is 9.11. The van der Waals surface area contributed by atoms with E-state index in [1.54, 1.807) is 6.92 Å². The van der Waals surface area contributed by atoms with Crippen LogP contribution in [0.1, 0.15) is 27.6 Å². The molecule has 0 atom stereocenters. The third-order valence-electron chi connectivity index (χ3n) is 4.02. The summed E-state index contributed by atoms with van der Waals surface area (Å²) in [5.74, 6) is -1.35. The molecular formula is C20H22N2O9S. The van der Waals surface area contributed by atoms with Gasteiger partial charge in [-0.25, -0.2) is 22.8 Å². The van der Waals surface area contributed by atoms with Crippen molar-refractivity contribution in [2.24, 2.45) is 0 Å². The SMILES string of the molecule is CCOC(=O)Nc1cc(S(=O)(=O)Nc2cc(C(=O)OC)cc(C(=O)OC)c2)ccc1OC. The monoisotopic (exact) mass is 466 g/mol. The number of rotatable bonds is 8. The zero-order valence-electron chi connectivity index (χ0n) is 17.8. The number of methoxy groups -OCH3 is 3.